The summed E-state index contributed by atoms with van der Waals surface area (Å²) in [6, 6.07) is 2.56. The first kappa shape index (κ1) is 13.4. The molecule has 0 spiro atoms. The number of hydrogen-bond donors (Lipinski definition) is 1. The van der Waals surface area contributed by atoms with Gasteiger partial charge in [-0.3, -0.25) is 0 Å². The van der Waals surface area contributed by atoms with Gasteiger partial charge < -0.3 is 9.84 Å². The summed E-state index contributed by atoms with van der Waals surface area (Å²) in [5.74, 6) is -1.18. The molecule has 2 rings (SSSR count). The summed E-state index contributed by atoms with van der Waals surface area (Å²) in [5.41, 5.74) is 0.0665. The lowest BCUT2D eigenvalue weighted by molar-refractivity contribution is -0.0488. The van der Waals surface area contributed by atoms with Crippen LogP contribution in [0.1, 0.15) is 37.0 Å². The molecule has 2 nitrogen and oxygen atoms in total. The van der Waals surface area contributed by atoms with Crippen LogP contribution in [0, 0.1) is 24.5 Å². The highest BCUT2D eigenvalue weighted by Gasteiger charge is 2.39. The van der Waals surface area contributed by atoms with E-state index >= 15 is 0 Å². The number of halogens is 2. The summed E-state index contributed by atoms with van der Waals surface area (Å²) < 4.78 is 33.1. The van der Waals surface area contributed by atoms with E-state index in [1.807, 2.05) is 6.92 Å². The van der Waals surface area contributed by atoms with E-state index in [0.717, 1.165) is 12.8 Å². The molecule has 2 unspecified atom stereocenters. The molecule has 0 heterocycles. The van der Waals surface area contributed by atoms with Crippen LogP contribution in [-0.2, 0) is 4.74 Å². The van der Waals surface area contributed by atoms with Gasteiger partial charge in [0.1, 0.15) is 17.7 Å². The highest BCUT2D eigenvalue weighted by atomic mass is 19.1. The fourth-order valence-electron chi connectivity index (χ4n) is 2.22. The number of benzene rings is 1. The molecule has 1 saturated carbocycles. The van der Waals surface area contributed by atoms with Gasteiger partial charge in [0.05, 0.1) is 11.7 Å². The van der Waals surface area contributed by atoms with Crippen molar-refractivity contribution >= 4 is 0 Å². The molecule has 0 aromatic heterocycles. The van der Waals surface area contributed by atoms with Gasteiger partial charge in [0.2, 0.25) is 0 Å². The Balaban J connectivity index is 2.31. The molecular weight excluding hydrogens is 238 g/mol. The van der Waals surface area contributed by atoms with Crippen LogP contribution in [0.4, 0.5) is 8.78 Å². The summed E-state index contributed by atoms with van der Waals surface area (Å²) in [6.45, 7) is 3.79. The van der Waals surface area contributed by atoms with Gasteiger partial charge in [-0.25, -0.2) is 8.78 Å². The standard InChI is InChI=1S/C14H18F2O2/c1-3-18-14(9-5-6-9)13(17)11-10(15)7-4-8(2)12(11)16/h4,7,9,13-14,17H,3,5-6H2,1-2H3. The zero-order valence-corrected chi connectivity index (χ0v) is 10.6. The number of aliphatic hydroxyl groups is 1. The maximum absolute atomic E-state index is 13.9. The van der Waals surface area contributed by atoms with Crippen LogP contribution in [0.15, 0.2) is 12.1 Å². The van der Waals surface area contributed by atoms with Gasteiger partial charge in [0.15, 0.2) is 0 Å². The van der Waals surface area contributed by atoms with Crippen molar-refractivity contribution in [2.75, 3.05) is 6.61 Å². The van der Waals surface area contributed by atoms with E-state index in [0.29, 0.717) is 12.2 Å². The Kier molecular flexibility index (Phi) is 3.97. The van der Waals surface area contributed by atoms with E-state index in [4.69, 9.17) is 4.74 Å². The molecule has 0 radical (unpaired) electrons. The summed E-state index contributed by atoms with van der Waals surface area (Å²) >= 11 is 0. The first-order chi connectivity index (χ1) is 8.56. The minimum atomic E-state index is -1.24. The SMILES string of the molecule is CCOC(C1CC1)C(O)c1c(F)ccc(C)c1F. The largest absolute Gasteiger partial charge is 0.385 e. The number of rotatable bonds is 5. The summed E-state index contributed by atoms with van der Waals surface area (Å²) in [7, 11) is 0. The summed E-state index contributed by atoms with van der Waals surface area (Å²) in [4.78, 5) is 0. The predicted octanol–water partition coefficient (Wildman–Crippen LogP) is 3.12. The van der Waals surface area contributed by atoms with Crippen molar-refractivity contribution in [1.29, 1.82) is 0 Å². The van der Waals surface area contributed by atoms with Gasteiger partial charge in [-0.1, -0.05) is 6.07 Å². The maximum atomic E-state index is 13.9. The molecule has 4 heteroatoms. The second-order valence-corrected chi connectivity index (χ2v) is 4.79. The minimum absolute atomic E-state index is 0.208. The van der Waals surface area contributed by atoms with Crippen molar-refractivity contribution in [2.24, 2.45) is 5.92 Å². The second kappa shape index (κ2) is 5.33. The number of aliphatic hydroxyl groups excluding tert-OH is 1. The third kappa shape index (κ3) is 2.54. The molecule has 100 valence electrons. The van der Waals surface area contributed by atoms with Crippen molar-refractivity contribution in [3.63, 3.8) is 0 Å². The highest BCUT2D eigenvalue weighted by Crippen LogP contribution is 2.41. The summed E-state index contributed by atoms with van der Waals surface area (Å²) in [6.07, 6.45) is 0.131. The smallest absolute Gasteiger partial charge is 0.134 e. The van der Waals surface area contributed by atoms with Crippen LogP contribution in [0.3, 0.4) is 0 Å². The number of ether oxygens (including phenoxy) is 1. The minimum Gasteiger partial charge on any atom is -0.385 e. The van der Waals surface area contributed by atoms with E-state index in [-0.39, 0.29) is 11.5 Å². The zero-order chi connectivity index (χ0) is 13.3. The van der Waals surface area contributed by atoms with Gasteiger partial charge >= 0.3 is 0 Å². The average Bonchev–Trinajstić information content (AvgIpc) is 3.15. The second-order valence-electron chi connectivity index (χ2n) is 4.79. The quantitative estimate of drug-likeness (QED) is 0.877. The summed E-state index contributed by atoms with van der Waals surface area (Å²) in [5, 5.41) is 10.2. The number of aryl methyl sites for hydroxylation is 1. The van der Waals surface area contributed by atoms with Crippen molar-refractivity contribution in [3.05, 3.63) is 34.9 Å². The molecule has 0 bridgehead atoms. The van der Waals surface area contributed by atoms with E-state index in [1.54, 1.807) is 6.92 Å². The topological polar surface area (TPSA) is 29.5 Å². The molecule has 1 N–H and O–H groups in total. The van der Waals surface area contributed by atoms with E-state index in [9.17, 15) is 13.9 Å². The van der Waals surface area contributed by atoms with E-state index in [1.165, 1.54) is 12.1 Å². The lowest BCUT2D eigenvalue weighted by atomic mass is 9.98. The Morgan fingerprint density at radius 2 is 2.06 bits per heavy atom. The van der Waals surface area contributed by atoms with Gasteiger partial charge in [-0.05, 0) is 44.2 Å². The lowest BCUT2D eigenvalue weighted by Crippen LogP contribution is -2.26. The van der Waals surface area contributed by atoms with Crippen molar-refractivity contribution in [1.82, 2.24) is 0 Å². The van der Waals surface area contributed by atoms with Gasteiger partial charge in [0, 0.05) is 6.61 Å². The van der Waals surface area contributed by atoms with Gasteiger partial charge in [-0.15, -0.1) is 0 Å². The molecule has 1 aliphatic carbocycles. The van der Waals surface area contributed by atoms with E-state index < -0.39 is 23.8 Å². The third-order valence-corrected chi connectivity index (χ3v) is 3.37. The van der Waals surface area contributed by atoms with Crippen molar-refractivity contribution < 1.29 is 18.6 Å². The maximum Gasteiger partial charge on any atom is 0.134 e. The normalized spacial score (nSPS) is 18.7. The number of hydrogen-bond acceptors (Lipinski definition) is 2. The molecular formula is C14H18F2O2. The fourth-order valence-corrected chi connectivity index (χ4v) is 2.22. The Morgan fingerprint density at radius 1 is 1.39 bits per heavy atom. The van der Waals surface area contributed by atoms with Crippen LogP contribution in [0.2, 0.25) is 0 Å². The Hall–Kier alpha value is -1.00. The molecule has 0 saturated heterocycles. The predicted molar refractivity (Wildman–Crippen MR) is 64.2 cm³/mol. The van der Waals surface area contributed by atoms with Crippen LogP contribution < -0.4 is 0 Å². The molecule has 1 aromatic carbocycles. The van der Waals surface area contributed by atoms with Gasteiger partial charge in [0.25, 0.3) is 0 Å². The van der Waals surface area contributed by atoms with Gasteiger partial charge in [-0.2, -0.15) is 0 Å². The molecule has 0 aliphatic heterocycles. The lowest BCUT2D eigenvalue weighted by Gasteiger charge is -2.24. The van der Waals surface area contributed by atoms with Crippen molar-refractivity contribution in [3.8, 4) is 0 Å². The monoisotopic (exact) mass is 256 g/mol. The Labute approximate surface area is 106 Å². The average molecular weight is 256 g/mol. The fraction of sp³-hybridized carbons (Fsp3) is 0.571. The molecule has 1 fully saturated rings. The molecule has 1 aromatic rings. The van der Waals surface area contributed by atoms with Crippen LogP contribution in [0.25, 0.3) is 0 Å². The Bertz CT molecular complexity index is 430. The Morgan fingerprint density at radius 3 is 2.61 bits per heavy atom. The molecule has 18 heavy (non-hydrogen) atoms. The molecule has 0 amide bonds. The van der Waals surface area contributed by atoms with Crippen LogP contribution in [-0.4, -0.2) is 17.8 Å². The molecule has 1 aliphatic rings. The van der Waals surface area contributed by atoms with E-state index in [2.05, 4.69) is 0 Å². The highest BCUT2D eigenvalue weighted by molar-refractivity contribution is 5.29. The van der Waals surface area contributed by atoms with Crippen molar-refractivity contribution in [2.45, 2.75) is 38.9 Å². The first-order valence-electron chi connectivity index (χ1n) is 6.30. The first-order valence-corrected chi connectivity index (χ1v) is 6.30. The molecule has 2 atom stereocenters. The third-order valence-electron chi connectivity index (χ3n) is 3.37. The van der Waals surface area contributed by atoms with Crippen LogP contribution >= 0.6 is 0 Å². The van der Waals surface area contributed by atoms with Crippen LogP contribution in [0.5, 0.6) is 0 Å². The zero-order valence-electron chi connectivity index (χ0n) is 10.6.